The molecule has 2 atom stereocenters. The highest BCUT2D eigenvalue weighted by Crippen LogP contribution is 2.25. The summed E-state index contributed by atoms with van der Waals surface area (Å²) in [4.78, 5) is 22.7. The zero-order valence-corrected chi connectivity index (χ0v) is 19.9. The highest BCUT2D eigenvalue weighted by Gasteiger charge is 2.25. The van der Waals surface area contributed by atoms with Gasteiger partial charge in [-0.25, -0.2) is 4.79 Å². The lowest BCUT2D eigenvalue weighted by atomic mass is 9.90. The fourth-order valence-electron chi connectivity index (χ4n) is 3.33. The third-order valence-electron chi connectivity index (χ3n) is 5.19. The molecule has 32 heavy (non-hydrogen) atoms. The van der Waals surface area contributed by atoms with Gasteiger partial charge in [-0.05, 0) is 57.4 Å². The average Bonchev–Trinajstić information content (AvgIpc) is 2.81. The summed E-state index contributed by atoms with van der Waals surface area (Å²) in [6, 6.07) is -0.127. The number of esters is 1. The number of unbranched alkanes of at least 4 members (excludes halogenated alkanes) is 1. The van der Waals surface area contributed by atoms with E-state index in [1.165, 1.54) is 7.11 Å². The summed E-state index contributed by atoms with van der Waals surface area (Å²) in [6.45, 7) is 17.2. The molecule has 1 aliphatic rings. The van der Waals surface area contributed by atoms with E-state index in [1.54, 1.807) is 12.2 Å². The van der Waals surface area contributed by atoms with Crippen LogP contribution in [0.15, 0.2) is 70.7 Å². The van der Waals surface area contributed by atoms with Crippen LogP contribution in [0.1, 0.15) is 39.5 Å². The van der Waals surface area contributed by atoms with Gasteiger partial charge in [-0.1, -0.05) is 49.6 Å². The summed E-state index contributed by atoms with van der Waals surface area (Å²) in [7, 11) is 1.36. The lowest BCUT2D eigenvalue weighted by Gasteiger charge is -2.28. The molecule has 0 radical (unpaired) electrons. The lowest BCUT2D eigenvalue weighted by molar-refractivity contribution is -0.145. The summed E-state index contributed by atoms with van der Waals surface area (Å²) in [5.41, 5.74) is 2.08. The van der Waals surface area contributed by atoms with Crippen LogP contribution in [0.2, 0.25) is 0 Å². The van der Waals surface area contributed by atoms with Crippen molar-refractivity contribution < 1.29 is 14.3 Å². The number of carbonyl (C=O) groups excluding carboxylic acids is 1. The van der Waals surface area contributed by atoms with Gasteiger partial charge >= 0.3 is 5.97 Å². The number of hydrogen-bond acceptors (Lipinski definition) is 5. The Balaban J connectivity index is 2.89. The molecule has 0 aromatic carbocycles. The maximum atomic E-state index is 11.1. The van der Waals surface area contributed by atoms with Crippen molar-refractivity contribution in [1.82, 2.24) is 4.90 Å². The summed E-state index contributed by atoms with van der Waals surface area (Å²) in [5.74, 6) is -0.354. The van der Waals surface area contributed by atoms with Crippen molar-refractivity contribution in [2.75, 3.05) is 26.9 Å². The smallest absolute Gasteiger partial charge is 0.331 e. The number of hydrogen-bond donors (Lipinski definition) is 0. The molecule has 0 heterocycles. The molecule has 0 spiro atoms. The van der Waals surface area contributed by atoms with Crippen LogP contribution in [0.3, 0.4) is 0 Å². The SMILES string of the molecule is C=C/C=C(\C=C)C(N=C)C(N=CN(CCCCOCC(=O)OC)C(C)C)C1=CCCC=C1. The van der Waals surface area contributed by atoms with Gasteiger partial charge in [-0.2, -0.15) is 0 Å². The lowest BCUT2D eigenvalue weighted by Crippen LogP contribution is -2.33. The Labute approximate surface area is 193 Å². The maximum absolute atomic E-state index is 11.1. The largest absolute Gasteiger partial charge is 0.467 e. The normalized spacial score (nSPS) is 15.9. The molecular weight excluding hydrogens is 402 g/mol. The Hall–Kier alpha value is -2.73. The zero-order chi connectivity index (χ0) is 23.8. The molecule has 176 valence electrons. The molecule has 0 amide bonds. The molecule has 0 aromatic heterocycles. The number of ether oxygens (including phenoxy) is 2. The second-order valence-electron chi connectivity index (χ2n) is 7.79. The Morgan fingerprint density at radius 2 is 2.06 bits per heavy atom. The predicted octanol–water partition coefficient (Wildman–Crippen LogP) is 4.71. The van der Waals surface area contributed by atoms with Gasteiger partial charge in [0, 0.05) is 19.2 Å². The number of rotatable bonds is 16. The van der Waals surface area contributed by atoms with E-state index >= 15 is 0 Å². The van der Waals surface area contributed by atoms with E-state index in [4.69, 9.17) is 9.73 Å². The second kappa shape index (κ2) is 16.0. The molecule has 0 saturated heterocycles. The van der Waals surface area contributed by atoms with Gasteiger partial charge in [0.1, 0.15) is 18.7 Å². The fourth-order valence-corrected chi connectivity index (χ4v) is 3.33. The van der Waals surface area contributed by atoms with Gasteiger partial charge < -0.3 is 14.4 Å². The van der Waals surface area contributed by atoms with E-state index in [2.05, 4.69) is 66.6 Å². The van der Waals surface area contributed by atoms with Crippen LogP contribution in [0, 0.1) is 0 Å². The quantitative estimate of drug-likeness (QED) is 0.114. The Bertz CT molecular complexity index is 735. The molecule has 0 N–H and O–H groups in total. The number of carbonyl (C=O) groups is 1. The van der Waals surface area contributed by atoms with E-state index in [9.17, 15) is 4.79 Å². The van der Waals surface area contributed by atoms with Crippen LogP contribution < -0.4 is 0 Å². The molecule has 2 unspecified atom stereocenters. The third-order valence-corrected chi connectivity index (χ3v) is 5.19. The van der Waals surface area contributed by atoms with Gasteiger partial charge in [0.2, 0.25) is 0 Å². The van der Waals surface area contributed by atoms with E-state index in [1.807, 2.05) is 12.4 Å². The van der Waals surface area contributed by atoms with Crippen LogP contribution in [-0.2, 0) is 14.3 Å². The van der Waals surface area contributed by atoms with Crippen LogP contribution in [-0.4, -0.2) is 68.9 Å². The third kappa shape index (κ3) is 9.60. The maximum Gasteiger partial charge on any atom is 0.331 e. The number of nitrogens with zero attached hydrogens (tertiary/aromatic N) is 3. The second-order valence-corrected chi connectivity index (χ2v) is 7.79. The van der Waals surface area contributed by atoms with Gasteiger partial charge in [-0.3, -0.25) is 9.98 Å². The molecule has 0 aliphatic heterocycles. The van der Waals surface area contributed by atoms with Crippen molar-refractivity contribution in [1.29, 1.82) is 0 Å². The van der Waals surface area contributed by atoms with Crippen LogP contribution in [0.5, 0.6) is 0 Å². The topological polar surface area (TPSA) is 63.5 Å². The van der Waals surface area contributed by atoms with Gasteiger partial charge in [0.15, 0.2) is 0 Å². The Morgan fingerprint density at radius 3 is 2.62 bits per heavy atom. The zero-order valence-electron chi connectivity index (χ0n) is 19.9. The van der Waals surface area contributed by atoms with Gasteiger partial charge in [-0.15, -0.1) is 0 Å². The standard InChI is InChI=1S/C26H39N3O3/c1-7-14-22(8-2)25(27-5)26(23-15-10-9-11-16-23)28-20-29(21(3)4)17-12-13-18-32-19-24(30)31-6/h7-8,10,14-16,20-21,25-26H,1-2,5,9,11-13,17-19H2,3-4,6H3/b22-14+,28-20?. The summed E-state index contributed by atoms with van der Waals surface area (Å²) >= 11 is 0. The van der Waals surface area contributed by atoms with Crippen LogP contribution in [0.25, 0.3) is 0 Å². The molecule has 6 nitrogen and oxygen atoms in total. The fraction of sp³-hybridized carbons (Fsp3) is 0.500. The minimum Gasteiger partial charge on any atom is -0.467 e. The summed E-state index contributed by atoms with van der Waals surface area (Å²) < 4.78 is 9.90. The molecule has 0 saturated carbocycles. The highest BCUT2D eigenvalue weighted by atomic mass is 16.6. The van der Waals surface area contributed by atoms with E-state index in [0.29, 0.717) is 12.6 Å². The monoisotopic (exact) mass is 441 g/mol. The minimum absolute atomic E-state index is 0.00400. The Morgan fingerprint density at radius 1 is 1.28 bits per heavy atom. The van der Waals surface area contributed by atoms with E-state index in [-0.39, 0.29) is 24.7 Å². The Kier molecular flexibility index (Phi) is 13.6. The van der Waals surface area contributed by atoms with Crippen molar-refractivity contribution in [2.24, 2.45) is 9.98 Å². The van der Waals surface area contributed by atoms with Gasteiger partial charge in [0.25, 0.3) is 0 Å². The molecule has 1 rings (SSSR count). The summed E-state index contributed by atoms with van der Waals surface area (Å²) in [6.07, 6.45) is 17.7. The van der Waals surface area contributed by atoms with Crippen molar-refractivity contribution in [2.45, 2.75) is 57.7 Å². The number of allylic oxidation sites excluding steroid dienone is 4. The van der Waals surface area contributed by atoms with Crippen molar-refractivity contribution >= 4 is 19.0 Å². The first-order chi connectivity index (χ1) is 15.5. The highest BCUT2D eigenvalue weighted by molar-refractivity contribution is 5.70. The van der Waals surface area contributed by atoms with Crippen LogP contribution in [0.4, 0.5) is 0 Å². The molecule has 0 aromatic rings. The van der Waals surface area contributed by atoms with Gasteiger partial charge in [0.05, 0.1) is 13.4 Å². The van der Waals surface area contributed by atoms with Crippen LogP contribution >= 0.6 is 0 Å². The average molecular weight is 442 g/mol. The van der Waals surface area contributed by atoms with Crippen molar-refractivity contribution in [3.63, 3.8) is 0 Å². The molecule has 0 bridgehead atoms. The molecule has 1 aliphatic carbocycles. The number of aliphatic imine (C=N–C) groups is 2. The van der Waals surface area contributed by atoms with Crippen molar-refractivity contribution in [3.05, 3.63) is 60.8 Å². The first-order valence-corrected chi connectivity index (χ1v) is 11.2. The predicted molar refractivity (Wildman–Crippen MR) is 134 cm³/mol. The minimum atomic E-state index is -0.354. The summed E-state index contributed by atoms with van der Waals surface area (Å²) in [5, 5.41) is 0. The molecular formula is C26H39N3O3. The number of methoxy groups -OCH3 is 1. The van der Waals surface area contributed by atoms with E-state index < -0.39 is 0 Å². The molecule has 0 fully saturated rings. The molecule has 6 heteroatoms. The first kappa shape index (κ1) is 27.3. The van der Waals surface area contributed by atoms with E-state index in [0.717, 1.165) is 43.4 Å². The first-order valence-electron chi connectivity index (χ1n) is 11.2. The van der Waals surface area contributed by atoms with Crippen molar-refractivity contribution in [3.8, 4) is 0 Å².